The predicted molar refractivity (Wildman–Crippen MR) is 85.0 cm³/mol. The van der Waals surface area contributed by atoms with E-state index in [0.29, 0.717) is 6.07 Å². The molecule has 0 aliphatic carbocycles. The first-order chi connectivity index (χ1) is 12.6. The Hall–Kier alpha value is -3.69. The molecule has 10 heteroatoms. The van der Waals surface area contributed by atoms with Crippen LogP contribution < -0.4 is 4.74 Å². The monoisotopic (exact) mass is 378 g/mol. The Morgan fingerprint density at radius 3 is 2.11 bits per heavy atom. The number of carbonyl (C=O) groups is 2. The second kappa shape index (κ2) is 6.56. The van der Waals surface area contributed by atoms with Crippen molar-refractivity contribution in [1.82, 2.24) is 9.97 Å². The first kappa shape index (κ1) is 18.1. The average Bonchev–Trinajstić information content (AvgIpc) is 2.60. The number of rotatable bonds is 4. The van der Waals surface area contributed by atoms with Gasteiger partial charge in [0.1, 0.15) is 5.75 Å². The number of aromatic nitrogens is 2. The van der Waals surface area contributed by atoms with E-state index in [0.717, 1.165) is 12.1 Å². The lowest BCUT2D eigenvalue weighted by atomic mass is 10.2. The van der Waals surface area contributed by atoms with Gasteiger partial charge in [0.05, 0.1) is 22.2 Å². The molecule has 0 aliphatic rings. The molecule has 138 valence electrons. The third kappa shape index (κ3) is 3.78. The highest BCUT2D eigenvalue weighted by atomic mass is 19.4. The number of aromatic carboxylic acids is 2. The molecule has 0 unspecified atom stereocenters. The zero-order valence-corrected chi connectivity index (χ0v) is 13.2. The van der Waals surface area contributed by atoms with Gasteiger partial charge >= 0.3 is 18.1 Å². The highest BCUT2D eigenvalue weighted by Crippen LogP contribution is 2.32. The normalized spacial score (nSPS) is 11.4. The molecule has 3 aromatic rings. The van der Waals surface area contributed by atoms with Gasteiger partial charge in [0, 0.05) is 0 Å². The number of alkyl halides is 3. The Balaban J connectivity index is 2.04. The van der Waals surface area contributed by atoms with E-state index < -0.39 is 35.3 Å². The van der Waals surface area contributed by atoms with E-state index >= 15 is 0 Å². The summed E-state index contributed by atoms with van der Waals surface area (Å²) in [6, 6.07) is 7.59. The Morgan fingerprint density at radius 1 is 0.889 bits per heavy atom. The molecule has 0 aliphatic heterocycles. The van der Waals surface area contributed by atoms with Gasteiger partial charge in [-0.05, 0) is 42.5 Å². The van der Waals surface area contributed by atoms with Crippen molar-refractivity contribution < 1.29 is 37.7 Å². The van der Waals surface area contributed by atoms with E-state index in [4.69, 9.17) is 9.84 Å². The van der Waals surface area contributed by atoms with Crippen LogP contribution in [0.5, 0.6) is 11.6 Å². The van der Waals surface area contributed by atoms with Crippen LogP contribution in [0, 0.1) is 0 Å². The summed E-state index contributed by atoms with van der Waals surface area (Å²) in [6.45, 7) is 0. The van der Waals surface area contributed by atoms with Gasteiger partial charge < -0.3 is 14.9 Å². The van der Waals surface area contributed by atoms with Gasteiger partial charge in [-0.15, -0.1) is 0 Å². The summed E-state index contributed by atoms with van der Waals surface area (Å²) in [7, 11) is 0. The van der Waals surface area contributed by atoms with Crippen molar-refractivity contribution in [3.8, 4) is 11.6 Å². The van der Waals surface area contributed by atoms with E-state index in [2.05, 4.69) is 9.97 Å². The molecule has 2 aromatic carbocycles. The van der Waals surface area contributed by atoms with E-state index in [1.54, 1.807) is 0 Å². The van der Waals surface area contributed by atoms with Gasteiger partial charge in [-0.3, -0.25) is 0 Å². The standard InChI is InChI=1S/C17H9F3N2O5/c18-17(19,20)9-3-6-11-12(7-9)21-13(16(25)26)14(22-11)27-10-4-1-8(2-5-10)15(23)24/h1-7H,(H,23,24)(H,25,26). The Labute approximate surface area is 148 Å². The van der Waals surface area contributed by atoms with Gasteiger partial charge in [0.25, 0.3) is 5.88 Å². The average molecular weight is 378 g/mol. The maximum Gasteiger partial charge on any atom is 0.416 e. The number of ether oxygens (including phenoxy) is 1. The van der Waals surface area contributed by atoms with Crippen molar-refractivity contribution >= 4 is 23.0 Å². The molecule has 0 spiro atoms. The van der Waals surface area contributed by atoms with Crippen molar-refractivity contribution in [2.75, 3.05) is 0 Å². The largest absolute Gasteiger partial charge is 0.478 e. The van der Waals surface area contributed by atoms with Crippen LogP contribution in [-0.4, -0.2) is 32.1 Å². The Morgan fingerprint density at radius 2 is 1.56 bits per heavy atom. The highest BCUT2D eigenvalue weighted by Gasteiger charge is 2.31. The Kier molecular flexibility index (Phi) is 4.40. The van der Waals surface area contributed by atoms with Crippen molar-refractivity contribution in [3.63, 3.8) is 0 Å². The molecule has 0 amide bonds. The van der Waals surface area contributed by atoms with Gasteiger partial charge in [-0.2, -0.15) is 13.2 Å². The topological polar surface area (TPSA) is 110 Å². The fourth-order valence-corrected chi connectivity index (χ4v) is 2.20. The number of benzene rings is 2. The minimum absolute atomic E-state index is 0.00477. The lowest BCUT2D eigenvalue weighted by molar-refractivity contribution is -0.137. The van der Waals surface area contributed by atoms with E-state index in [-0.39, 0.29) is 22.3 Å². The summed E-state index contributed by atoms with van der Waals surface area (Å²) >= 11 is 0. The minimum Gasteiger partial charge on any atom is -0.478 e. The molecular formula is C17H9F3N2O5. The van der Waals surface area contributed by atoms with Crippen LogP contribution in [0.15, 0.2) is 42.5 Å². The van der Waals surface area contributed by atoms with Crippen LogP contribution in [0.1, 0.15) is 26.4 Å². The van der Waals surface area contributed by atoms with Crippen molar-refractivity contribution in [2.45, 2.75) is 6.18 Å². The maximum atomic E-state index is 12.8. The van der Waals surface area contributed by atoms with Crippen LogP contribution >= 0.6 is 0 Å². The first-order valence-electron chi connectivity index (χ1n) is 7.28. The maximum absolute atomic E-state index is 12.8. The molecule has 0 atom stereocenters. The fourth-order valence-electron chi connectivity index (χ4n) is 2.20. The molecule has 0 bridgehead atoms. The molecule has 0 saturated heterocycles. The smallest absolute Gasteiger partial charge is 0.416 e. The summed E-state index contributed by atoms with van der Waals surface area (Å²) in [5.41, 5.74) is -1.92. The van der Waals surface area contributed by atoms with Crippen molar-refractivity contribution in [2.24, 2.45) is 0 Å². The van der Waals surface area contributed by atoms with Crippen LogP contribution in [-0.2, 0) is 6.18 Å². The zero-order chi connectivity index (χ0) is 19.8. The zero-order valence-electron chi connectivity index (χ0n) is 13.2. The SMILES string of the molecule is O=C(O)c1ccc(Oc2nc3ccc(C(F)(F)F)cc3nc2C(=O)O)cc1. The quantitative estimate of drug-likeness (QED) is 0.710. The lowest BCUT2D eigenvalue weighted by Gasteiger charge is -2.10. The molecule has 1 aromatic heterocycles. The second-order valence-electron chi connectivity index (χ2n) is 5.32. The number of hydrogen-bond donors (Lipinski definition) is 2. The van der Waals surface area contributed by atoms with Gasteiger partial charge in [0.15, 0.2) is 0 Å². The summed E-state index contributed by atoms with van der Waals surface area (Å²) in [4.78, 5) is 29.9. The first-order valence-corrected chi connectivity index (χ1v) is 7.28. The second-order valence-corrected chi connectivity index (χ2v) is 5.32. The van der Waals surface area contributed by atoms with Gasteiger partial charge in [-0.25, -0.2) is 19.6 Å². The van der Waals surface area contributed by atoms with Crippen molar-refractivity contribution in [1.29, 1.82) is 0 Å². The van der Waals surface area contributed by atoms with Crippen molar-refractivity contribution in [3.05, 3.63) is 59.3 Å². The molecule has 27 heavy (non-hydrogen) atoms. The van der Waals surface area contributed by atoms with Crippen LogP contribution in [0.25, 0.3) is 11.0 Å². The molecule has 2 N–H and O–H groups in total. The van der Waals surface area contributed by atoms with E-state index in [1.165, 1.54) is 24.3 Å². The Bertz CT molecular complexity index is 1050. The van der Waals surface area contributed by atoms with Gasteiger partial charge in [-0.1, -0.05) is 0 Å². The number of nitrogens with zero attached hydrogens (tertiary/aromatic N) is 2. The van der Waals surface area contributed by atoms with Gasteiger partial charge in [0.2, 0.25) is 5.69 Å². The molecule has 0 radical (unpaired) electrons. The number of halogens is 3. The fraction of sp³-hybridized carbons (Fsp3) is 0.0588. The highest BCUT2D eigenvalue weighted by molar-refractivity contribution is 5.91. The molecular weight excluding hydrogens is 369 g/mol. The molecule has 1 heterocycles. The van der Waals surface area contributed by atoms with Crippen LogP contribution in [0.2, 0.25) is 0 Å². The summed E-state index contributed by atoms with van der Waals surface area (Å²) in [6.07, 6.45) is -4.61. The molecule has 3 rings (SSSR count). The number of carboxylic acid groups (broad SMARTS) is 2. The predicted octanol–water partition coefficient (Wildman–Crippen LogP) is 3.84. The van der Waals surface area contributed by atoms with Crippen LogP contribution in [0.3, 0.4) is 0 Å². The number of fused-ring (bicyclic) bond motifs is 1. The lowest BCUT2D eigenvalue weighted by Crippen LogP contribution is -2.08. The number of hydrogen-bond acceptors (Lipinski definition) is 5. The molecule has 7 nitrogen and oxygen atoms in total. The third-order valence-corrected chi connectivity index (χ3v) is 3.48. The van der Waals surface area contributed by atoms with E-state index in [1.807, 2.05) is 0 Å². The third-order valence-electron chi connectivity index (χ3n) is 3.48. The minimum atomic E-state index is -4.61. The summed E-state index contributed by atoms with van der Waals surface area (Å²) in [5.74, 6) is -3.04. The summed E-state index contributed by atoms with van der Waals surface area (Å²) in [5, 5.41) is 18.1. The number of carboxylic acids is 2. The van der Waals surface area contributed by atoms with Crippen LogP contribution in [0.4, 0.5) is 13.2 Å². The molecule has 0 fully saturated rings. The summed E-state index contributed by atoms with van der Waals surface area (Å²) < 4.78 is 43.7. The van der Waals surface area contributed by atoms with E-state index in [9.17, 15) is 27.9 Å². The molecule has 0 saturated carbocycles.